The lowest BCUT2D eigenvalue weighted by Gasteiger charge is -2.36. The highest BCUT2D eigenvalue weighted by atomic mass is 35.5. The van der Waals surface area contributed by atoms with Crippen LogP contribution in [0.15, 0.2) is 42.5 Å². The first-order valence-electron chi connectivity index (χ1n) is 8.09. The molecule has 1 fully saturated rings. The number of piperazine rings is 1. The van der Waals surface area contributed by atoms with E-state index in [1.54, 1.807) is 30.3 Å². The van der Waals surface area contributed by atoms with Gasteiger partial charge in [-0.2, -0.15) is 0 Å². The van der Waals surface area contributed by atoms with E-state index in [0.717, 1.165) is 37.3 Å². The summed E-state index contributed by atoms with van der Waals surface area (Å²) in [5.74, 6) is -0.252. The first kappa shape index (κ1) is 19.3. The van der Waals surface area contributed by atoms with Gasteiger partial charge in [-0.3, -0.25) is 4.90 Å². The van der Waals surface area contributed by atoms with Gasteiger partial charge in [-0.05, 0) is 41.5 Å². The van der Waals surface area contributed by atoms with Gasteiger partial charge in [0.25, 0.3) is 0 Å². The largest absolute Gasteiger partial charge is 0.573 e. The summed E-state index contributed by atoms with van der Waals surface area (Å²) in [5, 5.41) is 4.41. The maximum absolute atomic E-state index is 12.4. The predicted octanol–water partition coefficient (Wildman–Crippen LogP) is 4.89. The van der Waals surface area contributed by atoms with Crippen LogP contribution in [0.4, 0.5) is 13.2 Å². The van der Waals surface area contributed by atoms with Crippen molar-refractivity contribution in [1.82, 2.24) is 10.2 Å². The van der Waals surface area contributed by atoms with Crippen molar-refractivity contribution in [2.24, 2.45) is 0 Å². The highest BCUT2D eigenvalue weighted by molar-refractivity contribution is 6.33. The maximum Gasteiger partial charge on any atom is 0.573 e. The van der Waals surface area contributed by atoms with E-state index >= 15 is 0 Å². The van der Waals surface area contributed by atoms with E-state index < -0.39 is 6.36 Å². The van der Waals surface area contributed by atoms with E-state index in [1.807, 2.05) is 0 Å². The Hall–Kier alpha value is -1.47. The van der Waals surface area contributed by atoms with Crippen LogP contribution in [0.1, 0.15) is 17.2 Å². The highest BCUT2D eigenvalue weighted by Crippen LogP contribution is 2.36. The van der Waals surface area contributed by atoms with Crippen LogP contribution in [0.2, 0.25) is 10.0 Å². The number of benzene rings is 2. The topological polar surface area (TPSA) is 24.5 Å². The van der Waals surface area contributed by atoms with Crippen LogP contribution in [0.3, 0.4) is 0 Å². The van der Waals surface area contributed by atoms with E-state index in [1.165, 1.54) is 12.1 Å². The van der Waals surface area contributed by atoms with Crippen molar-refractivity contribution in [3.05, 3.63) is 63.6 Å². The van der Waals surface area contributed by atoms with Gasteiger partial charge in [-0.1, -0.05) is 35.3 Å². The molecule has 1 saturated heterocycles. The summed E-state index contributed by atoms with van der Waals surface area (Å²) in [4.78, 5) is 2.23. The monoisotopic (exact) mass is 404 g/mol. The van der Waals surface area contributed by atoms with E-state index in [4.69, 9.17) is 23.2 Å². The zero-order valence-corrected chi connectivity index (χ0v) is 15.2. The Kier molecular flexibility index (Phi) is 5.97. The molecule has 1 aliphatic heterocycles. The summed E-state index contributed by atoms with van der Waals surface area (Å²) in [6.07, 6.45) is -4.71. The molecule has 2 aromatic carbocycles. The number of ether oxygens (including phenoxy) is 1. The van der Waals surface area contributed by atoms with Gasteiger partial charge in [-0.15, -0.1) is 13.2 Å². The number of nitrogens with one attached hydrogen (secondary N) is 1. The third-order valence-corrected chi connectivity index (χ3v) is 4.78. The number of hydrogen-bond donors (Lipinski definition) is 1. The van der Waals surface area contributed by atoms with Gasteiger partial charge in [0.05, 0.1) is 6.04 Å². The predicted molar refractivity (Wildman–Crippen MR) is 95.9 cm³/mol. The molecule has 1 aliphatic rings. The van der Waals surface area contributed by atoms with Crippen LogP contribution < -0.4 is 10.1 Å². The molecule has 8 heteroatoms. The van der Waals surface area contributed by atoms with Gasteiger partial charge in [0.1, 0.15) is 5.75 Å². The van der Waals surface area contributed by atoms with Gasteiger partial charge < -0.3 is 10.1 Å². The minimum absolute atomic E-state index is 0.205. The molecule has 0 saturated carbocycles. The van der Waals surface area contributed by atoms with Crippen molar-refractivity contribution in [3.63, 3.8) is 0 Å². The minimum Gasteiger partial charge on any atom is -0.406 e. The van der Waals surface area contributed by atoms with Gasteiger partial charge >= 0.3 is 6.36 Å². The van der Waals surface area contributed by atoms with Crippen molar-refractivity contribution >= 4 is 23.2 Å². The van der Waals surface area contributed by atoms with E-state index in [0.29, 0.717) is 10.0 Å². The Morgan fingerprint density at radius 2 is 1.65 bits per heavy atom. The lowest BCUT2D eigenvalue weighted by Crippen LogP contribution is -2.45. The number of hydrogen-bond acceptors (Lipinski definition) is 3. The Bertz CT molecular complexity index is 747. The van der Waals surface area contributed by atoms with E-state index in [-0.39, 0.29) is 11.8 Å². The van der Waals surface area contributed by atoms with Crippen molar-refractivity contribution in [3.8, 4) is 5.75 Å². The van der Waals surface area contributed by atoms with Gasteiger partial charge in [0, 0.05) is 36.2 Å². The van der Waals surface area contributed by atoms with Crippen molar-refractivity contribution in [2.45, 2.75) is 12.4 Å². The van der Waals surface area contributed by atoms with E-state index in [2.05, 4.69) is 15.0 Å². The third-order valence-electron chi connectivity index (χ3n) is 4.20. The second kappa shape index (κ2) is 8.05. The number of alkyl halides is 3. The Balaban J connectivity index is 1.96. The fourth-order valence-electron chi connectivity index (χ4n) is 3.10. The molecular formula is C18H17Cl2F3N2O. The molecule has 0 aliphatic carbocycles. The van der Waals surface area contributed by atoms with Crippen LogP contribution in [0, 0.1) is 0 Å². The lowest BCUT2D eigenvalue weighted by atomic mass is 9.96. The Labute approximate surface area is 159 Å². The quantitative estimate of drug-likeness (QED) is 0.785. The summed E-state index contributed by atoms with van der Waals surface area (Å²) in [6.45, 7) is 3.22. The average molecular weight is 405 g/mol. The second-order valence-corrected chi connectivity index (χ2v) is 6.81. The SMILES string of the molecule is FC(F)(F)Oc1ccc([C@H](c2cc(Cl)ccc2Cl)N2CCNCC2)cc1. The highest BCUT2D eigenvalue weighted by Gasteiger charge is 2.31. The normalized spacial score (nSPS) is 17.1. The molecule has 0 unspecified atom stereocenters. The molecule has 2 aromatic rings. The maximum atomic E-state index is 12.4. The smallest absolute Gasteiger partial charge is 0.406 e. The van der Waals surface area contributed by atoms with Gasteiger partial charge in [-0.25, -0.2) is 0 Å². The van der Waals surface area contributed by atoms with Gasteiger partial charge in [0.15, 0.2) is 0 Å². The third kappa shape index (κ3) is 4.82. The van der Waals surface area contributed by atoms with Gasteiger partial charge in [0.2, 0.25) is 0 Å². The summed E-state index contributed by atoms with van der Waals surface area (Å²) in [6, 6.07) is 10.9. The zero-order valence-electron chi connectivity index (χ0n) is 13.7. The molecule has 1 heterocycles. The Morgan fingerprint density at radius 1 is 1.00 bits per heavy atom. The number of nitrogens with zero attached hydrogens (tertiary/aromatic N) is 1. The molecule has 0 spiro atoms. The molecule has 0 amide bonds. The van der Waals surface area contributed by atoms with Crippen LogP contribution in [-0.2, 0) is 0 Å². The van der Waals surface area contributed by atoms with Crippen molar-refractivity contribution in [1.29, 1.82) is 0 Å². The number of rotatable bonds is 4. The standard InChI is InChI=1S/C18H17Cl2F3N2O/c19-13-3-6-16(20)15(11-13)17(25-9-7-24-8-10-25)12-1-4-14(5-2-12)26-18(21,22)23/h1-6,11,17,24H,7-10H2/t17-/m1/s1. The zero-order chi connectivity index (χ0) is 18.7. The van der Waals surface area contributed by atoms with E-state index in [9.17, 15) is 13.2 Å². The fraction of sp³-hybridized carbons (Fsp3) is 0.333. The average Bonchev–Trinajstić information content (AvgIpc) is 2.59. The van der Waals surface area contributed by atoms with Crippen molar-refractivity contribution in [2.75, 3.05) is 26.2 Å². The lowest BCUT2D eigenvalue weighted by molar-refractivity contribution is -0.274. The van der Waals surface area contributed by atoms with Crippen LogP contribution in [0.25, 0.3) is 0 Å². The molecule has 0 radical (unpaired) electrons. The molecule has 3 nitrogen and oxygen atoms in total. The minimum atomic E-state index is -4.71. The molecule has 0 bridgehead atoms. The fourth-order valence-corrected chi connectivity index (χ4v) is 3.50. The Morgan fingerprint density at radius 3 is 2.27 bits per heavy atom. The summed E-state index contributed by atoms with van der Waals surface area (Å²) < 4.78 is 41.1. The molecule has 26 heavy (non-hydrogen) atoms. The molecular weight excluding hydrogens is 388 g/mol. The molecule has 140 valence electrons. The molecule has 3 rings (SSSR count). The van der Waals surface area contributed by atoms with Crippen LogP contribution >= 0.6 is 23.2 Å². The first-order chi connectivity index (χ1) is 12.3. The molecule has 1 atom stereocenters. The van der Waals surface area contributed by atoms with Crippen molar-refractivity contribution < 1.29 is 17.9 Å². The second-order valence-electron chi connectivity index (χ2n) is 5.97. The number of halogens is 5. The van der Waals surface area contributed by atoms with Crippen LogP contribution in [-0.4, -0.2) is 37.4 Å². The first-order valence-corrected chi connectivity index (χ1v) is 8.84. The summed E-state index contributed by atoms with van der Waals surface area (Å²) >= 11 is 12.6. The summed E-state index contributed by atoms with van der Waals surface area (Å²) in [5.41, 5.74) is 1.65. The summed E-state index contributed by atoms with van der Waals surface area (Å²) in [7, 11) is 0. The molecule has 1 N–H and O–H groups in total. The molecule has 0 aromatic heterocycles. The van der Waals surface area contributed by atoms with Crippen LogP contribution in [0.5, 0.6) is 5.75 Å².